The van der Waals surface area contributed by atoms with Crippen LogP contribution < -0.4 is 5.73 Å². The van der Waals surface area contributed by atoms with E-state index in [4.69, 9.17) is 11.0 Å². The Hall–Kier alpha value is -2.02. The molecule has 0 aliphatic rings. The summed E-state index contributed by atoms with van der Waals surface area (Å²) in [5, 5.41) is 8.99. The Kier molecular flexibility index (Phi) is 3.24. The summed E-state index contributed by atoms with van der Waals surface area (Å²) in [6, 6.07) is 7.96. The molecule has 2 rings (SSSR count). The third-order valence-corrected chi connectivity index (χ3v) is 3.37. The van der Waals surface area contributed by atoms with E-state index >= 15 is 0 Å². The first-order chi connectivity index (χ1) is 8.58. The average molecular weight is 242 g/mol. The number of hydrogen-bond acceptors (Lipinski definition) is 3. The number of rotatable bonds is 3. The van der Waals surface area contributed by atoms with Gasteiger partial charge in [0, 0.05) is 6.04 Å². The molecule has 2 N–H and O–H groups in total. The molecule has 1 heterocycles. The lowest BCUT2D eigenvalue weighted by molar-refractivity contribution is 0.377. The number of imidazole rings is 1. The molecule has 0 bridgehead atoms. The van der Waals surface area contributed by atoms with E-state index in [9.17, 15) is 0 Å². The van der Waals surface area contributed by atoms with Gasteiger partial charge in [-0.25, -0.2) is 4.98 Å². The molecule has 1 aromatic carbocycles. The summed E-state index contributed by atoms with van der Waals surface area (Å²) < 4.78 is 2.06. The second-order valence-corrected chi connectivity index (χ2v) is 4.87. The summed E-state index contributed by atoms with van der Waals surface area (Å²) >= 11 is 0. The zero-order valence-electron chi connectivity index (χ0n) is 11.0. The van der Waals surface area contributed by atoms with Crippen molar-refractivity contribution < 1.29 is 0 Å². The minimum absolute atomic E-state index is 0.309. The van der Waals surface area contributed by atoms with E-state index in [0.717, 1.165) is 17.5 Å². The second-order valence-electron chi connectivity index (χ2n) is 4.87. The molecule has 0 fully saturated rings. The first-order valence-corrected chi connectivity index (χ1v) is 6.26. The van der Waals surface area contributed by atoms with Crippen LogP contribution in [0.5, 0.6) is 0 Å². The number of benzene rings is 1. The first-order valence-electron chi connectivity index (χ1n) is 6.26. The van der Waals surface area contributed by atoms with E-state index in [2.05, 4.69) is 36.4 Å². The minimum atomic E-state index is 0.309. The maximum absolute atomic E-state index is 8.99. The molecular weight excluding hydrogens is 224 g/mol. The Morgan fingerprint density at radius 1 is 1.44 bits per heavy atom. The van der Waals surface area contributed by atoms with Gasteiger partial charge in [-0.1, -0.05) is 20.8 Å². The fraction of sp³-hybridized carbons (Fsp3) is 0.429. The van der Waals surface area contributed by atoms with Crippen molar-refractivity contribution in [3.05, 3.63) is 23.8 Å². The Balaban J connectivity index is 2.68. The molecule has 4 heteroatoms. The first kappa shape index (κ1) is 12.4. The number of aromatic nitrogens is 2. The molecule has 0 radical (unpaired) electrons. The van der Waals surface area contributed by atoms with Gasteiger partial charge < -0.3 is 10.3 Å². The van der Waals surface area contributed by atoms with E-state index in [1.54, 1.807) is 6.07 Å². The molecule has 0 spiro atoms. The smallest absolute Gasteiger partial charge is 0.201 e. The summed E-state index contributed by atoms with van der Waals surface area (Å²) in [5.41, 5.74) is 8.47. The van der Waals surface area contributed by atoms with Gasteiger partial charge in [-0.05, 0) is 30.5 Å². The van der Waals surface area contributed by atoms with E-state index in [1.807, 2.05) is 12.1 Å². The lowest BCUT2D eigenvalue weighted by Crippen LogP contribution is -2.16. The highest BCUT2D eigenvalue weighted by atomic mass is 15.2. The van der Waals surface area contributed by atoms with E-state index in [0.29, 0.717) is 23.5 Å². The molecule has 18 heavy (non-hydrogen) atoms. The molecule has 4 nitrogen and oxygen atoms in total. The average Bonchev–Trinajstić information content (AvgIpc) is 2.66. The van der Waals surface area contributed by atoms with Crippen molar-refractivity contribution in [2.75, 3.05) is 5.73 Å². The number of nitrogens with zero attached hydrogens (tertiary/aromatic N) is 3. The number of nitrogen functional groups attached to an aromatic ring is 1. The Labute approximate surface area is 107 Å². The number of anilines is 1. The Morgan fingerprint density at radius 3 is 2.72 bits per heavy atom. The van der Waals surface area contributed by atoms with Crippen LogP contribution >= 0.6 is 0 Å². The van der Waals surface area contributed by atoms with E-state index in [-0.39, 0.29) is 0 Å². The number of nitrogens with two attached hydrogens (primary N) is 1. The summed E-state index contributed by atoms with van der Waals surface area (Å²) in [7, 11) is 0. The van der Waals surface area contributed by atoms with Gasteiger partial charge in [-0.2, -0.15) is 5.26 Å². The molecule has 94 valence electrons. The van der Waals surface area contributed by atoms with Gasteiger partial charge in [0.25, 0.3) is 0 Å². The quantitative estimate of drug-likeness (QED) is 0.899. The Morgan fingerprint density at radius 2 is 2.17 bits per heavy atom. The zero-order chi connectivity index (χ0) is 13.3. The number of fused-ring (bicyclic) bond motifs is 1. The molecule has 1 atom stereocenters. The standard InChI is InChI=1S/C14H18N4/c1-4-12(9(2)3)18-13-7-10(8-15)5-6-11(13)17-14(18)16/h5-7,9,12H,4H2,1-3H3,(H2,16,17). The third-order valence-electron chi connectivity index (χ3n) is 3.37. The van der Waals surface area contributed by atoms with Crippen molar-refractivity contribution in [1.82, 2.24) is 9.55 Å². The van der Waals surface area contributed by atoms with E-state index in [1.165, 1.54) is 0 Å². The fourth-order valence-corrected chi connectivity index (χ4v) is 2.48. The molecule has 0 aliphatic carbocycles. The van der Waals surface area contributed by atoms with Gasteiger partial charge >= 0.3 is 0 Å². The lowest BCUT2D eigenvalue weighted by Gasteiger charge is -2.22. The maximum atomic E-state index is 8.99. The Bertz CT molecular complexity index is 604. The van der Waals surface area contributed by atoms with Crippen LogP contribution in [-0.2, 0) is 0 Å². The van der Waals surface area contributed by atoms with Gasteiger partial charge in [-0.15, -0.1) is 0 Å². The van der Waals surface area contributed by atoms with Gasteiger partial charge in [0.2, 0.25) is 5.95 Å². The van der Waals surface area contributed by atoms with Crippen molar-refractivity contribution >= 4 is 17.0 Å². The van der Waals surface area contributed by atoms with Crippen molar-refractivity contribution in [3.8, 4) is 6.07 Å². The topological polar surface area (TPSA) is 67.6 Å². The predicted molar refractivity (Wildman–Crippen MR) is 73.0 cm³/mol. The normalized spacial score (nSPS) is 12.8. The van der Waals surface area contributed by atoms with Gasteiger partial charge in [0.15, 0.2) is 0 Å². The highest BCUT2D eigenvalue weighted by Gasteiger charge is 2.19. The monoisotopic (exact) mass is 242 g/mol. The van der Waals surface area contributed by atoms with Gasteiger partial charge in [0.05, 0.1) is 22.7 Å². The highest BCUT2D eigenvalue weighted by Crippen LogP contribution is 2.30. The molecular formula is C14H18N4. The van der Waals surface area contributed by atoms with Crippen LogP contribution in [0, 0.1) is 17.2 Å². The molecule has 0 amide bonds. The molecule has 1 unspecified atom stereocenters. The highest BCUT2D eigenvalue weighted by molar-refractivity contribution is 5.80. The number of hydrogen-bond donors (Lipinski definition) is 1. The van der Waals surface area contributed by atoms with Crippen molar-refractivity contribution in [2.24, 2.45) is 5.92 Å². The van der Waals surface area contributed by atoms with Crippen molar-refractivity contribution in [2.45, 2.75) is 33.2 Å². The fourth-order valence-electron chi connectivity index (χ4n) is 2.48. The van der Waals surface area contributed by atoms with Crippen LogP contribution in [-0.4, -0.2) is 9.55 Å². The number of nitriles is 1. The summed E-state index contributed by atoms with van der Waals surface area (Å²) in [4.78, 5) is 4.37. The third kappa shape index (κ3) is 1.92. The van der Waals surface area contributed by atoms with Crippen LogP contribution in [0.15, 0.2) is 18.2 Å². The minimum Gasteiger partial charge on any atom is -0.369 e. The molecule has 0 aliphatic heterocycles. The molecule has 0 saturated carbocycles. The SMILES string of the molecule is CCC(C(C)C)n1c(N)nc2ccc(C#N)cc21. The van der Waals surface area contributed by atoms with Crippen LogP contribution in [0.1, 0.15) is 38.8 Å². The lowest BCUT2D eigenvalue weighted by atomic mass is 10.0. The van der Waals surface area contributed by atoms with Crippen LogP contribution in [0.4, 0.5) is 5.95 Å². The van der Waals surface area contributed by atoms with Crippen molar-refractivity contribution in [3.63, 3.8) is 0 Å². The summed E-state index contributed by atoms with van der Waals surface area (Å²) in [5.74, 6) is 1.00. The van der Waals surface area contributed by atoms with Crippen LogP contribution in [0.2, 0.25) is 0 Å². The van der Waals surface area contributed by atoms with Gasteiger partial charge in [-0.3, -0.25) is 0 Å². The van der Waals surface area contributed by atoms with Crippen LogP contribution in [0.3, 0.4) is 0 Å². The molecule has 2 aromatic rings. The second kappa shape index (κ2) is 4.69. The predicted octanol–water partition coefficient (Wildman–Crippen LogP) is 3.10. The summed E-state index contributed by atoms with van der Waals surface area (Å²) in [6.07, 6.45) is 0.990. The molecule has 1 aromatic heterocycles. The van der Waals surface area contributed by atoms with Crippen molar-refractivity contribution in [1.29, 1.82) is 5.26 Å². The van der Waals surface area contributed by atoms with Gasteiger partial charge in [0.1, 0.15) is 0 Å². The van der Waals surface area contributed by atoms with E-state index < -0.39 is 0 Å². The molecule has 0 saturated heterocycles. The summed E-state index contributed by atoms with van der Waals surface area (Å²) in [6.45, 7) is 6.49. The maximum Gasteiger partial charge on any atom is 0.201 e. The van der Waals surface area contributed by atoms with Crippen LogP contribution in [0.25, 0.3) is 11.0 Å². The largest absolute Gasteiger partial charge is 0.369 e. The zero-order valence-corrected chi connectivity index (χ0v) is 11.0.